The molecule has 1 fully saturated rings. The Balaban J connectivity index is 1.70. The number of hydrogen-bond acceptors (Lipinski definition) is 6. The molecule has 1 N–H and O–H groups in total. The van der Waals surface area contributed by atoms with Gasteiger partial charge in [0.05, 0.1) is 29.8 Å². The quantitative estimate of drug-likeness (QED) is 0.271. The van der Waals surface area contributed by atoms with Gasteiger partial charge in [0.1, 0.15) is 24.1 Å². The van der Waals surface area contributed by atoms with Crippen molar-refractivity contribution in [1.82, 2.24) is 10.2 Å². The second-order valence-electron chi connectivity index (χ2n) is 11.0. The van der Waals surface area contributed by atoms with Crippen molar-refractivity contribution in [3.05, 3.63) is 82.9 Å². The Labute approximate surface area is 265 Å². The smallest absolute Gasteiger partial charge is 0.264 e. The molecule has 0 aliphatic heterocycles. The third-order valence-corrected chi connectivity index (χ3v) is 10.0. The number of aryl methyl sites for hydroxylation is 1. The molecule has 1 atom stereocenters. The van der Waals surface area contributed by atoms with E-state index in [9.17, 15) is 18.0 Å². The minimum absolute atomic E-state index is 0.0210. The van der Waals surface area contributed by atoms with Gasteiger partial charge >= 0.3 is 0 Å². The van der Waals surface area contributed by atoms with Crippen LogP contribution in [0.2, 0.25) is 5.02 Å². The van der Waals surface area contributed by atoms with Crippen molar-refractivity contribution in [3.63, 3.8) is 0 Å². The maximum absolute atomic E-state index is 14.2. The van der Waals surface area contributed by atoms with Gasteiger partial charge in [0.2, 0.25) is 11.8 Å². The Morgan fingerprint density at radius 1 is 0.955 bits per heavy atom. The van der Waals surface area contributed by atoms with E-state index in [1.54, 1.807) is 44.4 Å². The molecule has 0 radical (unpaired) electrons. The van der Waals surface area contributed by atoms with Gasteiger partial charge in [0.25, 0.3) is 10.0 Å². The van der Waals surface area contributed by atoms with Gasteiger partial charge in [-0.15, -0.1) is 0 Å². The van der Waals surface area contributed by atoms with Gasteiger partial charge in [-0.2, -0.15) is 0 Å². The van der Waals surface area contributed by atoms with Crippen LogP contribution in [0.3, 0.4) is 0 Å². The zero-order chi connectivity index (χ0) is 31.9. The molecule has 0 unspecified atom stereocenters. The minimum atomic E-state index is -4.22. The van der Waals surface area contributed by atoms with Crippen LogP contribution in [-0.4, -0.2) is 58.0 Å². The highest BCUT2D eigenvalue weighted by Gasteiger charge is 2.33. The lowest BCUT2D eigenvalue weighted by molar-refractivity contribution is -0.139. The second kappa shape index (κ2) is 14.8. The fraction of sp³-hybridized carbons (Fsp3) is 0.394. The molecule has 0 aromatic heterocycles. The summed E-state index contributed by atoms with van der Waals surface area (Å²) in [5.74, 6) is 0.193. The first-order valence-corrected chi connectivity index (χ1v) is 16.5. The number of methoxy groups -OCH3 is 2. The predicted molar refractivity (Wildman–Crippen MR) is 172 cm³/mol. The molecule has 3 aromatic carbocycles. The van der Waals surface area contributed by atoms with Gasteiger partial charge in [0.15, 0.2) is 0 Å². The Kier molecular flexibility index (Phi) is 11.2. The summed E-state index contributed by atoms with van der Waals surface area (Å²) >= 11 is 6.40. The van der Waals surface area contributed by atoms with Gasteiger partial charge < -0.3 is 19.7 Å². The average Bonchev–Trinajstić information content (AvgIpc) is 3.02. The van der Waals surface area contributed by atoms with Crippen LogP contribution in [0, 0.1) is 6.92 Å². The maximum atomic E-state index is 14.2. The Morgan fingerprint density at radius 3 is 2.20 bits per heavy atom. The predicted octanol–water partition coefficient (Wildman–Crippen LogP) is 5.73. The Bertz CT molecular complexity index is 1540. The summed E-state index contributed by atoms with van der Waals surface area (Å²) in [5.41, 5.74) is 1.84. The van der Waals surface area contributed by atoms with Gasteiger partial charge in [-0.3, -0.25) is 13.9 Å². The van der Waals surface area contributed by atoms with Gasteiger partial charge in [-0.05, 0) is 74.7 Å². The van der Waals surface area contributed by atoms with Gasteiger partial charge in [-0.25, -0.2) is 8.42 Å². The second-order valence-corrected chi connectivity index (χ2v) is 13.3. The normalized spacial score (nSPS) is 14.4. The van der Waals surface area contributed by atoms with Crippen LogP contribution in [0.15, 0.2) is 71.6 Å². The largest absolute Gasteiger partial charge is 0.497 e. The third kappa shape index (κ3) is 8.04. The maximum Gasteiger partial charge on any atom is 0.264 e. The van der Waals surface area contributed by atoms with Crippen LogP contribution in [0.4, 0.5) is 5.69 Å². The number of ether oxygens (including phenoxy) is 2. The van der Waals surface area contributed by atoms with E-state index in [1.165, 1.54) is 36.3 Å². The fourth-order valence-corrected chi connectivity index (χ4v) is 6.91. The van der Waals surface area contributed by atoms with Crippen molar-refractivity contribution in [2.45, 2.75) is 69.5 Å². The number of sulfonamides is 1. The molecule has 1 saturated carbocycles. The lowest BCUT2D eigenvalue weighted by Crippen LogP contribution is -2.53. The van der Waals surface area contributed by atoms with Crippen molar-refractivity contribution in [2.75, 3.05) is 25.1 Å². The minimum Gasteiger partial charge on any atom is -0.497 e. The molecule has 1 aliphatic carbocycles. The fourth-order valence-electron chi connectivity index (χ4n) is 5.26. The first-order valence-electron chi connectivity index (χ1n) is 14.7. The van der Waals surface area contributed by atoms with E-state index in [1.807, 2.05) is 19.1 Å². The summed E-state index contributed by atoms with van der Waals surface area (Å²) in [6, 6.07) is 17.3. The molecule has 236 valence electrons. The van der Waals surface area contributed by atoms with Crippen LogP contribution in [-0.2, 0) is 26.2 Å². The molecule has 0 bridgehead atoms. The first kappa shape index (κ1) is 33.1. The number of anilines is 1. The molecule has 44 heavy (non-hydrogen) atoms. The topological polar surface area (TPSA) is 105 Å². The van der Waals surface area contributed by atoms with E-state index in [-0.39, 0.29) is 34.1 Å². The average molecular weight is 642 g/mol. The highest BCUT2D eigenvalue weighted by Crippen LogP contribution is 2.32. The summed E-state index contributed by atoms with van der Waals surface area (Å²) < 4.78 is 39.7. The zero-order valence-corrected chi connectivity index (χ0v) is 27.2. The summed E-state index contributed by atoms with van der Waals surface area (Å²) in [5, 5.41) is 3.30. The molecular weight excluding hydrogens is 602 g/mol. The summed E-state index contributed by atoms with van der Waals surface area (Å²) in [7, 11) is -1.19. The standard InChI is InChI=1S/C33H40ClN3O6S/c1-23-10-17-29(18-11-23)44(40,41)37(27-14-19-31(43-4)30(34)20-27)22-32(38)36(21-25-12-15-28(42-3)16-13-25)24(2)33(39)35-26-8-6-5-7-9-26/h10-20,24,26H,5-9,21-22H2,1-4H3,(H,35,39)/t24-/m0/s1. The molecule has 4 rings (SSSR count). The Hall–Kier alpha value is -3.76. The van der Waals surface area contributed by atoms with Crippen molar-refractivity contribution in [3.8, 4) is 11.5 Å². The number of nitrogens with one attached hydrogen (secondary N) is 1. The lowest BCUT2D eigenvalue weighted by atomic mass is 9.95. The van der Waals surface area contributed by atoms with E-state index >= 15 is 0 Å². The van der Waals surface area contributed by atoms with Gasteiger partial charge in [0, 0.05) is 12.6 Å². The van der Waals surface area contributed by atoms with E-state index in [2.05, 4.69) is 5.32 Å². The molecule has 0 spiro atoms. The monoisotopic (exact) mass is 641 g/mol. The Morgan fingerprint density at radius 2 is 1.61 bits per heavy atom. The van der Waals surface area contributed by atoms with Crippen molar-refractivity contribution < 1.29 is 27.5 Å². The van der Waals surface area contributed by atoms with Crippen molar-refractivity contribution in [1.29, 1.82) is 0 Å². The van der Waals surface area contributed by atoms with Crippen LogP contribution in [0.1, 0.15) is 50.2 Å². The van der Waals surface area contributed by atoms with Crippen molar-refractivity contribution in [2.24, 2.45) is 0 Å². The van der Waals surface area contributed by atoms with Crippen molar-refractivity contribution >= 4 is 39.1 Å². The number of benzene rings is 3. The van der Waals surface area contributed by atoms with Crippen LogP contribution in [0.5, 0.6) is 11.5 Å². The highest BCUT2D eigenvalue weighted by atomic mass is 35.5. The SMILES string of the molecule is COc1ccc(CN(C(=O)CN(c2ccc(OC)c(Cl)c2)S(=O)(=O)c2ccc(C)cc2)[C@@H](C)C(=O)NC2CCCCC2)cc1. The van der Waals surface area contributed by atoms with Crippen LogP contribution >= 0.6 is 11.6 Å². The molecule has 1 aliphatic rings. The van der Waals surface area contributed by atoms with E-state index in [4.69, 9.17) is 21.1 Å². The number of carbonyl (C=O) groups is 2. The number of carbonyl (C=O) groups excluding carboxylic acids is 2. The molecule has 0 saturated heterocycles. The summed E-state index contributed by atoms with van der Waals surface area (Å²) in [4.78, 5) is 29.1. The number of amides is 2. The molecule has 9 nitrogen and oxygen atoms in total. The number of halogens is 1. The van der Waals surface area contributed by atoms with Crippen LogP contribution in [0.25, 0.3) is 0 Å². The van der Waals surface area contributed by atoms with E-state index in [0.717, 1.165) is 47.5 Å². The van der Waals surface area contributed by atoms with Crippen LogP contribution < -0.4 is 19.1 Å². The van der Waals surface area contributed by atoms with E-state index in [0.29, 0.717) is 11.5 Å². The number of rotatable bonds is 12. The van der Waals surface area contributed by atoms with Gasteiger partial charge in [-0.1, -0.05) is 60.7 Å². The number of hydrogen-bond donors (Lipinski definition) is 1. The first-order chi connectivity index (χ1) is 21.0. The molecule has 3 aromatic rings. The lowest BCUT2D eigenvalue weighted by Gasteiger charge is -2.33. The molecule has 2 amide bonds. The zero-order valence-electron chi connectivity index (χ0n) is 25.6. The van der Waals surface area contributed by atoms with E-state index < -0.39 is 28.5 Å². The summed E-state index contributed by atoms with van der Waals surface area (Å²) in [6.45, 7) is 3.06. The highest BCUT2D eigenvalue weighted by molar-refractivity contribution is 7.92. The number of nitrogens with zero attached hydrogens (tertiary/aromatic N) is 2. The molecular formula is C33H40ClN3O6S. The molecule has 0 heterocycles. The molecule has 11 heteroatoms. The third-order valence-electron chi connectivity index (χ3n) is 7.94. The summed E-state index contributed by atoms with van der Waals surface area (Å²) in [6.07, 6.45) is 5.02.